The Balaban J connectivity index is 1.55. The van der Waals surface area contributed by atoms with Gasteiger partial charge in [0.2, 0.25) is 11.8 Å². The van der Waals surface area contributed by atoms with Crippen LogP contribution in [0.4, 0.5) is 17.1 Å². The quantitative estimate of drug-likeness (QED) is 0.701. The number of nitrogens with one attached hydrogen (secondary N) is 3. The van der Waals surface area contributed by atoms with E-state index in [1.807, 2.05) is 17.0 Å². The average Bonchev–Trinajstić information content (AvgIpc) is 2.72. The summed E-state index contributed by atoms with van der Waals surface area (Å²) in [6, 6.07) is 14.2. The van der Waals surface area contributed by atoms with Gasteiger partial charge in [0, 0.05) is 42.6 Å². The van der Waals surface area contributed by atoms with Crippen LogP contribution < -0.4 is 16.0 Å². The molecular formula is C22H26N4O3. The lowest BCUT2D eigenvalue weighted by atomic mass is 10.1. The van der Waals surface area contributed by atoms with Crippen molar-refractivity contribution in [2.45, 2.75) is 26.2 Å². The van der Waals surface area contributed by atoms with E-state index in [1.54, 1.807) is 36.4 Å². The minimum absolute atomic E-state index is 0.0348. The lowest BCUT2D eigenvalue weighted by molar-refractivity contribution is -0.115. The molecule has 7 heteroatoms. The fraction of sp³-hybridized carbons (Fsp3) is 0.318. The van der Waals surface area contributed by atoms with E-state index in [4.69, 9.17) is 0 Å². The summed E-state index contributed by atoms with van der Waals surface area (Å²) in [7, 11) is 0. The van der Waals surface area contributed by atoms with Gasteiger partial charge in [0.25, 0.3) is 5.91 Å². The first-order valence-corrected chi connectivity index (χ1v) is 9.82. The van der Waals surface area contributed by atoms with Gasteiger partial charge in [-0.25, -0.2) is 0 Å². The number of benzene rings is 2. The molecule has 3 amide bonds. The van der Waals surface area contributed by atoms with Gasteiger partial charge in [-0.1, -0.05) is 12.1 Å². The first-order chi connectivity index (χ1) is 14.0. The Morgan fingerprint density at radius 2 is 1.52 bits per heavy atom. The molecular weight excluding hydrogens is 368 g/mol. The number of rotatable bonds is 6. The van der Waals surface area contributed by atoms with Crippen LogP contribution in [0.3, 0.4) is 0 Å². The van der Waals surface area contributed by atoms with Gasteiger partial charge in [0.15, 0.2) is 0 Å². The van der Waals surface area contributed by atoms with Crippen LogP contribution in [0.2, 0.25) is 0 Å². The third-order valence-corrected chi connectivity index (χ3v) is 4.67. The summed E-state index contributed by atoms with van der Waals surface area (Å²) >= 11 is 0. The van der Waals surface area contributed by atoms with Crippen molar-refractivity contribution in [1.29, 1.82) is 0 Å². The van der Waals surface area contributed by atoms with Crippen molar-refractivity contribution in [3.05, 3.63) is 54.1 Å². The molecule has 2 aromatic carbocycles. The van der Waals surface area contributed by atoms with E-state index in [0.717, 1.165) is 31.6 Å². The SMILES string of the molecule is CC(=O)Nc1cccc(NC(=O)CNc2cccc(C(=O)N3CCCCC3)c2)c1. The molecule has 1 aliphatic heterocycles. The molecule has 1 fully saturated rings. The molecule has 0 unspecified atom stereocenters. The predicted molar refractivity (Wildman–Crippen MR) is 114 cm³/mol. The highest BCUT2D eigenvalue weighted by molar-refractivity contribution is 5.97. The summed E-state index contributed by atoms with van der Waals surface area (Å²) in [5, 5.41) is 8.52. The van der Waals surface area contributed by atoms with Crippen LogP contribution in [-0.2, 0) is 9.59 Å². The number of nitrogens with zero attached hydrogens (tertiary/aromatic N) is 1. The Morgan fingerprint density at radius 3 is 2.24 bits per heavy atom. The van der Waals surface area contributed by atoms with E-state index >= 15 is 0 Å². The van der Waals surface area contributed by atoms with Gasteiger partial charge < -0.3 is 20.9 Å². The standard InChI is InChI=1S/C22H26N4O3/c1-16(27)24-19-9-6-10-20(14-19)25-21(28)15-23-18-8-5-7-17(13-18)22(29)26-11-3-2-4-12-26/h5-10,13-14,23H,2-4,11-12,15H2,1H3,(H,24,27)(H,25,28). The molecule has 3 N–H and O–H groups in total. The van der Waals surface area contributed by atoms with E-state index in [-0.39, 0.29) is 24.3 Å². The molecule has 3 rings (SSSR count). The summed E-state index contributed by atoms with van der Waals surface area (Å²) in [5.74, 6) is -0.362. The van der Waals surface area contributed by atoms with Crippen molar-refractivity contribution >= 4 is 34.8 Å². The van der Waals surface area contributed by atoms with Crippen molar-refractivity contribution in [3.8, 4) is 0 Å². The zero-order valence-corrected chi connectivity index (χ0v) is 16.5. The molecule has 0 atom stereocenters. The van der Waals surface area contributed by atoms with Gasteiger partial charge in [-0.2, -0.15) is 0 Å². The van der Waals surface area contributed by atoms with Crippen molar-refractivity contribution in [3.63, 3.8) is 0 Å². The Hall–Kier alpha value is -3.35. The van der Waals surface area contributed by atoms with Gasteiger partial charge >= 0.3 is 0 Å². The minimum atomic E-state index is -0.224. The highest BCUT2D eigenvalue weighted by atomic mass is 16.2. The van der Waals surface area contributed by atoms with E-state index in [0.29, 0.717) is 16.9 Å². The smallest absolute Gasteiger partial charge is 0.253 e. The first kappa shape index (κ1) is 20.4. The predicted octanol–water partition coefficient (Wildman–Crippen LogP) is 3.32. The van der Waals surface area contributed by atoms with E-state index in [9.17, 15) is 14.4 Å². The summed E-state index contributed by atoms with van der Waals surface area (Å²) in [4.78, 5) is 37.9. The molecule has 0 aliphatic carbocycles. The van der Waals surface area contributed by atoms with Crippen LogP contribution in [-0.4, -0.2) is 42.3 Å². The molecule has 1 heterocycles. The summed E-state index contributed by atoms with van der Waals surface area (Å²) in [5.41, 5.74) is 2.56. The molecule has 0 aromatic heterocycles. The molecule has 0 spiro atoms. The van der Waals surface area contributed by atoms with Crippen LogP contribution >= 0.6 is 0 Å². The fourth-order valence-corrected chi connectivity index (χ4v) is 3.31. The topological polar surface area (TPSA) is 90.5 Å². The van der Waals surface area contributed by atoms with Crippen molar-refractivity contribution in [1.82, 2.24) is 4.90 Å². The van der Waals surface area contributed by atoms with Crippen LogP contribution in [0.1, 0.15) is 36.5 Å². The second-order valence-electron chi connectivity index (χ2n) is 7.10. The van der Waals surface area contributed by atoms with Crippen LogP contribution in [0.15, 0.2) is 48.5 Å². The van der Waals surface area contributed by atoms with Crippen molar-refractivity contribution < 1.29 is 14.4 Å². The zero-order chi connectivity index (χ0) is 20.6. The molecule has 0 bridgehead atoms. The van der Waals surface area contributed by atoms with E-state index in [1.165, 1.54) is 13.3 Å². The number of piperidine rings is 1. The molecule has 0 radical (unpaired) electrons. The maximum absolute atomic E-state index is 12.6. The van der Waals surface area contributed by atoms with Gasteiger partial charge in [-0.05, 0) is 55.7 Å². The van der Waals surface area contributed by atoms with Gasteiger partial charge in [-0.3, -0.25) is 14.4 Å². The maximum atomic E-state index is 12.6. The Morgan fingerprint density at radius 1 is 0.862 bits per heavy atom. The number of amides is 3. The number of likely N-dealkylation sites (tertiary alicyclic amines) is 1. The molecule has 1 aliphatic rings. The third-order valence-electron chi connectivity index (χ3n) is 4.67. The van der Waals surface area contributed by atoms with Crippen molar-refractivity contribution in [2.24, 2.45) is 0 Å². The molecule has 7 nitrogen and oxygen atoms in total. The first-order valence-electron chi connectivity index (χ1n) is 9.82. The zero-order valence-electron chi connectivity index (χ0n) is 16.5. The highest BCUT2D eigenvalue weighted by Crippen LogP contribution is 2.17. The van der Waals surface area contributed by atoms with Crippen LogP contribution in [0, 0.1) is 0 Å². The molecule has 1 saturated heterocycles. The summed E-state index contributed by atoms with van der Waals surface area (Å²) in [6.45, 7) is 3.10. The third kappa shape index (κ3) is 6.07. The number of carbonyl (C=O) groups is 3. The maximum Gasteiger partial charge on any atom is 0.253 e. The molecule has 2 aromatic rings. The monoisotopic (exact) mass is 394 g/mol. The second kappa shape index (κ2) is 9.73. The summed E-state index contributed by atoms with van der Waals surface area (Å²) in [6.07, 6.45) is 3.27. The largest absolute Gasteiger partial charge is 0.376 e. The Labute approximate surface area is 170 Å². The molecule has 0 saturated carbocycles. The Bertz CT molecular complexity index is 891. The Kier molecular flexibility index (Phi) is 6.84. The van der Waals surface area contributed by atoms with Crippen LogP contribution in [0.25, 0.3) is 0 Å². The minimum Gasteiger partial charge on any atom is -0.376 e. The van der Waals surface area contributed by atoms with E-state index < -0.39 is 0 Å². The summed E-state index contributed by atoms with van der Waals surface area (Å²) < 4.78 is 0. The molecule has 29 heavy (non-hydrogen) atoms. The van der Waals surface area contributed by atoms with Crippen molar-refractivity contribution in [2.75, 3.05) is 35.6 Å². The number of hydrogen-bond donors (Lipinski definition) is 3. The fourth-order valence-electron chi connectivity index (χ4n) is 3.31. The second-order valence-corrected chi connectivity index (χ2v) is 7.10. The lowest BCUT2D eigenvalue weighted by Gasteiger charge is -2.26. The number of carbonyl (C=O) groups excluding carboxylic acids is 3. The highest BCUT2D eigenvalue weighted by Gasteiger charge is 2.18. The van der Waals surface area contributed by atoms with Crippen LogP contribution in [0.5, 0.6) is 0 Å². The van der Waals surface area contributed by atoms with Gasteiger partial charge in [0.1, 0.15) is 0 Å². The molecule has 152 valence electrons. The number of hydrogen-bond acceptors (Lipinski definition) is 4. The van der Waals surface area contributed by atoms with Gasteiger partial charge in [-0.15, -0.1) is 0 Å². The normalized spacial score (nSPS) is 13.5. The number of anilines is 3. The van der Waals surface area contributed by atoms with Gasteiger partial charge in [0.05, 0.1) is 6.54 Å². The van der Waals surface area contributed by atoms with E-state index in [2.05, 4.69) is 16.0 Å². The lowest BCUT2D eigenvalue weighted by Crippen LogP contribution is -2.35. The average molecular weight is 394 g/mol.